The van der Waals surface area contributed by atoms with E-state index in [0.717, 1.165) is 142 Å². The summed E-state index contributed by atoms with van der Waals surface area (Å²) in [5.74, 6) is -4.89. The molecule has 0 atom stereocenters. The van der Waals surface area contributed by atoms with E-state index in [9.17, 15) is 62.3 Å². The molecule has 0 radical (unpaired) electrons. The van der Waals surface area contributed by atoms with Gasteiger partial charge in [-0.15, -0.1) is 0 Å². The molecule has 0 spiro atoms. The zero-order valence-corrected chi connectivity index (χ0v) is 56.4. The fraction of sp³-hybridized carbons (Fsp3) is 0.316. The van der Waals surface area contributed by atoms with Gasteiger partial charge in [-0.1, -0.05) is 182 Å². The van der Waals surface area contributed by atoms with Gasteiger partial charge in [0.1, 0.15) is 0 Å². The molecule has 0 aromatic heterocycles. The summed E-state index contributed by atoms with van der Waals surface area (Å²) < 4.78 is 169. The molecule has 7 aromatic carbocycles. The van der Waals surface area contributed by atoms with Crippen LogP contribution in [0.2, 0.25) is 0 Å². The highest BCUT2D eigenvalue weighted by atomic mass is 31.1. The first-order chi connectivity index (χ1) is 44.6. The summed E-state index contributed by atoms with van der Waals surface area (Å²) in [6.45, 7) is 28.4. The molecule has 2 aliphatic rings. The topological polar surface area (TPSA) is 68.3 Å². The fourth-order valence-electron chi connectivity index (χ4n) is 12.6. The molecule has 0 saturated heterocycles. The van der Waals surface area contributed by atoms with Crippen LogP contribution in [0.25, 0.3) is 33.4 Å². The first kappa shape index (κ1) is 72.0. The Balaban J connectivity index is 1.42. The minimum absolute atomic E-state index is 0.00912. The molecule has 96 heavy (non-hydrogen) atoms. The van der Waals surface area contributed by atoms with Gasteiger partial charge >= 0.3 is 24.7 Å². The first-order valence-electron chi connectivity index (χ1n) is 31.8. The highest BCUT2D eigenvalue weighted by Crippen LogP contribution is 2.51. The van der Waals surface area contributed by atoms with E-state index in [4.69, 9.17) is 0 Å². The number of ketones is 4. The zero-order chi connectivity index (χ0) is 70.9. The average Bonchev–Trinajstić information content (AvgIpc) is 0.725. The summed E-state index contributed by atoms with van der Waals surface area (Å²) in [5.41, 5.74) is 1.02. The van der Waals surface area contributed by atoms with Crippen molar-refractivity contribution in [3.05, 3.63) is 240 Å². The molecule has 0 amide bonds. The maximum atomic E-state index is 15.7. The Morgan fingerprint density at radius 2 is 0.490 bits per heavy atom. The summed E-state index contributed by atoms with van der Waals surface area (Å²) in [7, 11) is -1.91. The van der Waals surface area contributed by atoms with Gasteiger partial charge in [0.05, 0.1) is 22.3 Å². The Bertz CT molecular complexity index is 4020. The van der Waals surface area contributed by atoms with E-state index in [1.165, 1.54) is 0 Å². The Morgan fingerprint density at radius 1 is 0.271 bits per heavy atom. The molecule has 0 heterocycles. The molecule has 0 fully saturated rings. The third kappa shape index (κ3) is 14.3. The first-order valence-corrected chi connectivity index (χ1v) is 33.1. The van der Waals surface area contributed by atoms with Crippen molar-refractivity contribution in [3.63, 3.8) is 0 Å². The van der Waals surface area contributed by atoms with Crippen LogP contribution < -0.4 is 15.9 Å². The van der Waals surface area contributed by atoms with Crippen LogP contribution in [0.1, 0.15) is 233 Å². The molecule has 7 aromatic rings. The predicted octanol–water partition coefficient (Wildman–Crippen LogP) is 21.7. The van der Waals surface area contributed by atoms with Crippen LogP contribution in [0, 0.1) is 0 Å². The monoisotopic (exact) mass is 1340 g/mol. The van der Waals surface area contributed by atoms with Crippen LogP contribution in [0.4, 0.5) is 52.7 Å². The van der Waals surface area contributed by atoms with Crippen molar-refractivity contribution < 1.29 is 71.9 Å². The fourth-order valence-corrected chi connectivity index (χ4v) is 16.8. The Morgan fingerprint density at radius 3 is 0.698 bits per heavy atom. The molecule has 502 valence electrons. The highest BCUT2D eigenvalue weighted by Gasteiger charge is 2.41. The van der Waals surface area contributed by atoms with Crippen molar-refractivity contribution in [2.24, 2.45) is 0 Å². The van der Waals surface area contributed by atoms with Gasteiger partial charge in [0.15, 0.2) is 23.1 Å². The second-order valence-electron chi connectivity index (χ2n) is 26.8. The van der Waals surface area contributed by atoms with Crippen molar-refractivity contribution in [2.45, 2.75) is 163 Å². The largest absolute Gasteiger partial charge is 0.416 e. The Kier molecular flexibility index (Phi) is 20.3. The number of hydrogen-bond acceptors (Lipinski definition) is 4. The van der Waals surface area contributed by atoms with Crippen LogP contribution in [0.3, 0.4) is 0 Å². The van der Waals surface area contributed by atoms with Crippen LogP contribution >= 0.6 is 7.92 Å². The third-order valence-corrected chi connectivity index (χ3v) is 20.6. The van der Waals surface area contributed by atoms with Gasteiger partial charge in [-0.05, 0) is 198 Å². The highest BCUT2D eigenvalue weighted by molar-refractivity contribution is 7.80. The van der Waals surface area contributed by atoms with Crippen LogP contribution in [0.5, 0.6) is 0 Å². The molecule has 2 aliphatic carbocycles. The number of allylic oxidation sites excluding steroid dienone is 8. The van der Waals surface area contributed by atoms with E-state index in [1.54, 1.807) is 0 Å². The normalized spacial score (nSPS) is 14.8. The molecule has 0 bridgehead atoms. The van der Waals surface area contributed by atoms with Crippen molar-refractivity contribution in [1.82, 2.24) is 0 Å². The third-order valence-electron chi connectivity index (χ3n) is 17.7. The van der Waals surface area contributed by atoms with Crippen LogP contribution in [-0.4, -0.2) is 23.1 Å². The lowest BCUT2D eigenvalue weighted by Crippen LogP contribution is -2.35. The van der Waals surface area contributed by atoms with Gasteiger partial charge in [-0.2, -0.15) is 52.7 Å². The second kappa shape index (κ2) is 27.0. The molecule has 4 nitrogen and oxygen atoms in total. The molecular weight excluding hydrogens is 1270 g/mol. The maximum Gasteiger partial charge on any atom is 0.416 e. The Hall–Kier alpha value is -8.23. The van der Waals surface area contributed by atoms with Gasteiger partial charge in [-0.3, -0.25) is 19.2 Å². The number of rotatable bonds is 16. The number of carbonyl (C=O) groups excluding carboxylic acids is 4. The van der Waals surface area contributed by atoms with Gasteiger partial charge in [0.2, 0.25) is 0 Å². The van der Waals surface area contributed by atoms with Crippen molar-refractivity contribution in [2.75, 3.05) is 0 Å². The zero-order valence-electron chi connectivity index (χ0n) is 55.5. The number of alkyl halides is 12. The van der Waals surface area contributed by atoms with Crippen LogP contribution in [-0.2, 0) is 43.9 Å². The van der Waals surface area contributed by atoms with Crippen molar-refractivity contribution in [3.8, 4) is 0 Å². The lowest BCUT2D eigenvalue weighted by Gasteiger charge is -2.37. The minimum atomic E-state index is -4.77. The molecule has 9 rings (SSSR count). The summed E-state index contributed by atoms with van der Waals surface area (Å²) in [4.78, 5) is 61.2. The quantitative estimate of drug-likeness (QED) is 0.0549. The van der Waals surface area contributed by atoms with E-state index < -0.39 is 102 Å². The van der Waals surface area contributed by atoms with Crippen molar-refractivity contribution in [1.29, 1.82) is 0 Å². The minimum Gasteiger partial charge on any atom is -0.289 e. The molecular formula is C79H73F12O4P. The number of benzene rings is 7. The van der Waals surface area contributed by atoms with Crippen LogP contribution in [0.15, 0.2) is 146 Å². The predicted molar refractivity (Wildman–Crippen MR) is 359 cm³/mol. The van der Waals surface area contributed by atoms with Crippen molar-refractivity contribution >= 4 is 80.4 Å². The molecule has 0 unspecified atom stereocenters. The van der Waals surface area contributed by atoms with Gasteiger partial charge in [0, 0.05) is 33.4 Å². The number of halogens is 12. The summed E-state index contributed by atoms with van der Waals surface area (Å²) in [6.07, 6.45) is -17.0. The molecule has 0 N–H and O–H groups in total. The number of Topliss-reactive ketones (excluding diaryl/α,β-unsaturated/α-hetero) is 2. The Labute approximate surface area is 553 Å². The van der Waals surface area contributed by atoms with E-state index in [1.807, 2.05) is 79.7 Å². The van der Waals surface area contributed by atoms with E-state index in [0.29, 0.717) is 22.3 Å². The van der Waals surface area contributed by atoms with Gasteiger partial charge in [0.25, 0.3) is 0 Å². The van der Waals surface area contributed by atoms with E-state index in [2.05, 4.69) is 53.7 Å². The number of carbonyl (C=O) groups is 4. The average molecular weight is 1350 g/mol. The lowest BCUT2D eigenvalue weighted by atomic mass is 9.78. The van der Waals surface area contributed by atoms with E-state index >= 15 is 9.59 Å². The standard InChI is InChI=1S/C79H73F12O4P/c1-39(2)50-31-57(40(3)4)73(58(32-50)41(5)6)96(74-59(42(7)8)33-51(34-60(74)43(9)10)69-67(48-19-27-55(28-20-48)78(86,87)88)65(92)37-63(71(69)94)46-15-23-53(24-16-46)76(80,81)82)75-61(44(11)12)35-52(36-62(75)45(13)14)70-68(49-21-29-56(30-22-49)79(89,90)91)66(93)38-64(72(70)95)47-17-25-54(26-18-47)77(83,84)85/h15-45H,1-14H3. The summed E-state index contributed by atoms with van der Waals surface area (Å²) in [5, 5.41) is 2.74. The van der Waals surface area contributed by atoms with Gasteiger partial charge in [-0.25, -0.2) is 0 Å². The molecule has 17 heteroatoms. The molecule has 0 aliphatic heterocycles. The number of hydrogen-bond donors (Lipinski definition) is 0. The lowest BCUT2D eigenvalue weighted by molar-refractivity contribution is -0.138. The smallest absolute Gasteiger partial charge is 0.289 e. The summed E-state index contributed by atoms with van der Waals surface area (Å²) in [6, 6.07) is 27.0. The molecule has 0 saturated carbocycles. The summed E-state index contributed by atoms with van der Waals surface area (Å²) >= 11 is 0. The van der Waals surface area contributed by atoms with E-state index in [-0.39, 0.29) is 84.6 Å². The second-order valence-corrected chi connectivity index (χ2v) is 28.8. The maximum absolute atomic E-state index is 15.7. The SMILES string of the molecule is CC(C)c1cc(C(C)C)c(P(c2c(C(C)C)cc(C3=C(c4ccc(C(F)(F)F)cc4)C(=O)C=C(c4ccc(C(F)(F)F)cc4)C3=O)cc2C(C)C)c2c(C(C)C)cc(C3=C(c4ccc(C(F)(F)F)cc4)C(=O)C=C(c4ccc(C(F)(F)F)cc4)C3=O)cc2C(C)C)c(C(C)C)c1. The van der Waals surface area contributed by atoms with Gasteiger partial charge < -0.3 is 0 Å².